The van der Waals surface area contributed by atoms with Crippen molar-refractivity contribution in [2.45, 2.75) is 13.8 Å². The van der Waals surface area contributed by atoms with E-state index in [0.717, 1.165) is 0 Å². The van der Waals surface area contributed by atoms with Crippen molar-refractivity contribution >= 4 is 41.7 Å². The lowest BCUT2D eigenvalue weighted by atomic mass is 10.3. The van der Waals surface area contributed by atoms with Crippen molar-refractivity contribution < 1.29 is 13.6 Å². The minimum absolute atomic E-state index is 0.307. The minimum atomic E-state index is -2.83. The first-order valence-corrected chi connectivity index (χ1v) is 8.36. The molecule has 0 aliphatic heterocycles. The number of benzene rings is 1. The van der Waals surface area contributed by atoms with Crippen LogP contribution in [-0.4, -0.2) is 13.2 Å². The van der Waals surface area contributed by atoms with E-state index >= 15 is 0 Å². The highest BCUT2D eigenvalue weighted by molar-refractivity contribution is 8.07. The molecule has 0 fully saturated rings. The Hall–Kier alpha value is 0.170. The van der Waals surface area contributed by atoms with Gasteiger partial charge in [-0.25, -0.2) is 0 Å². The number of hydrogen-bond acceptors (Lipinski definition) is 4. The van der Waals surface area contributed by atoms with Crippen LogP contribution < -0.4 is 4.52 Å². The first-order valence-electron chi connectivity index (χ1n) is 5.05. The molecule has 0 heterocycles. The molecule has 3 nitrogen and oxygen atoms in total. The quantitative estimate of drug-likeness (QED) is 0.713. The molecule has 0 radical (unpaired) electrons. The summed E-state index contributed by atoms with van der Waals surface area (Å²) in [6.45, 7) is 1.61. The average molecular weight is 315 g/mol. The van der Waals surface area contributed by atoms with Gasteiger partial charge in [-0.3, -0.25) is 9.05 Å². The van der Waals surface area contributed by atoms with Crippen molar-refractivity contribution in [3.63, 3.8) is 0 Å². The molecule has 0 saturated heterocycles. The van der Waals surface area contributed by atoms with Gasteiger partial charge in [-0.05, 0) is 26.0 Å². The van der Waals surface area contributed by atoms with E-state index in [1.165, 1.54) is 0 Å². The monoisotopic (exact) mass is 314 g/mol. The molecule has 0 atom stereocenters. The SMILES string of the molecule is CCOP(=S)(OCC)Oc1c(Cl)cccc1Cl. The van der Waals surface area contributed by atoms with Crippen molar-refractivity contribution in [3.8, 4) is 5.75 Å². The fourth-order valence-electron chi connectivity index (χ4n) is 1.09. The highest BCUT2D eigenvalue weighted by Gasteiger charge is 2.23. The van der Waals surface area contributed by atoms with Crippen LogP contribution in [0.5, 0.6) is 5.75 Å². The van der Waals surface area contributed by atoms with Gasteiger partial charge < -0.3 is 4.52 Å². The molecule has 17 heavy (non-hydrogen) atoms. The summed E-state index contributed by atoms with van der Waals surface area (Å²) in [5, 5.41) is 0.761. The second kappa shape index (κ2) is 6.93. The van der Waals surface area contributed by atoms with E-state index in [0.29, 0.717) is 29.0 Å². The zero-order chi connectivity index (χ0) is 12.9. The standard InChI is InChI=1S/C10H13Cl2O3PS/c1-3-13-16(17,14-4-2)15-10-8(11)6-5-7-9(10)12/h5-7H,3-4H2,1-2H3. The Morgan fingerprint density at radius 1 is 1.12 bits per heavy atom. The van der Waals surface area contributed by atoms with E-state index in [1.54, 1.807) is 18.2 Å². The summed E-state index contributed by atoms with van der Waals surface area (Å²) < 4.78 is 16.3. The summed E-state index contributed by atoms with van der Waals surface area (Å²) >= 11 is 17.2. The van der Waals surface area contributed by atoms with Crippen molar-refractivity contribution in [2.75, 3.05) is 13.2 Å². The maximum atomic E-state index is 5.99. The zero-order valence-corrected chi connectivity index (χ0v) is 12.7. The number of hydrogen-bond donors (Lipinski definition) is 0. The number of halogens is 2. The molecule has 0 aliphatic carbocycles. The lowest BCUT2D eigenvalue weighted by Crippen LogP contribution is -2.02. The van der Waals surface area contributed by atoms with Gasteiger partial charge in [0, 0.05) is 11.8 Å². The predicted molar refractivity (Wildman–Crippen MR) is 74.6 cm³/mol. The van der Waals surface area contributed by atoms with Crippen LogP contribution in [0.25, 0.3) is 0 Å². The first-order chi connectivity index (χ1) is 8.02. The van der Waals surface area contributed by atoms with Gasteiger partial charge in [0.1, 0.15) is 0 Å². The molecule has 96 valence electrons. The van der Waals surface area contributed by atoms with Gasteiger partial charge in [0.25, 0.3) is 0 Å². The second-order valence-electron chi connectivity index (χ2n) is 2.92. The largest absolute Gasteiger partial charge is 0.421 e. The number of rotatable bonds is 6. The highest BCUT2D eigenvalue weighted by atomic mass is 35.5. The fraction of sp³-hybridized carbons (Fsp3) is 0.400. The summed E-state index contributed by atoms with van der Waals surface area (Å²) in [5.41, 5.74) is 0. The molecule has 0 unspecified atom stereocenters. The normalized spacial score (nSPS) is 11.5. The molecule has 0 aromatic heterocycles. The third-order valence-electron chi connectivity index (χ3n) is 1.70. The van der Waals surface area contributed by atoms with Crippen LogP contribution >= 0.6 is 29.9 Å². The molecule has 1 aromatic rings. The topological polar surface area (TPSA) is 27.7 Å². The Morgan fingerprint density at radius 3 is 2.00 bits per heavy atom. The summed E-state index contributed by atoms with van der Waals surface area (Å²) in [7, 11) is 0. The van der Waals surface area contributed by atoms with Gasteiger partial charge in [0.15, 0.2) is 5.75 Å². The Bertz CT molecular complexity index is 398. The Kier molecular flexibility index (Phi) is 6.21. The van der Waals surface area contributed by atoms with E-state index in [9.17, 15) is 0 Å². The highest BCUT2D eigenvalue weighted by Crippen LogP contribution is 2.52. The molecule has 0 bridgehead atoms. The molecule has 1 rings (SSSR count). The van der Waals surface area contributed by atoms with Gasteiger partial charge in [0.2, 0.25) is 0 Å². The molecular weight excluding hydrogens is 302 g/mol. The van der Waals surface area contributed by atoms with E-state index in [1.807, 2.05) is 13.8 Å². The van der Waals surface area contributed by atoms with Crippen molar-refractivity contribution in [1.82, 2.24) is 0 Å². The molecule has 7 heteroatoms. The zero-order valence-electron chi connectivity index (χ0n) is 9.48. The maximum Gasteiger partial charge on any atom is 0.380 e. The van der Waals surface area contributed by atoms with E-state index in [2.05, 4.69) is 0 Å². The van der Waals surface area contributed by atoms with Crippen LogP contribution in [0.2, 0.25) is 10.0 Å². The van der Waals surface area contributed by atoms with Crippen LogP contribution in [0.1, 0.15) is 13.8 Å². The smallest absolute Gasteiger partial charge is 0.380 e. The molecule has 0 spiro atoms. The van der Waals surface area contributed by atoms with Crippen LogP contribution in [0.15, 0.2) is 18.2 Å². The predicted octanol–water partition coefficient (Wildman–Crippen LogP) is 4.67. The van der Waals surface area contributed by atoms with Gasteiger partial charge >= 0.3 is 6.72 Å². The molecular formula is C10H13Cl2O3PS. The van der Waals surface area contributed by atoms with Gasteiger partial charge in [-0.1, -0.05) is 29.3 Å². The van der Waals surface area contributed by atoms with Crippen molar-refractivity contribution in [3.05, 3.63) is 28.2 Å². The van der Waals surface area contributed by atoms with Gasteiger partial charge in [0.05, 0.1) is 23.3 Å². The van der Waals surface area contributed by atoms with Crippen LogP contribution in [0.4, 0.5) is 0 Å². The Labute approximate surface area is 116 Å². The number of para-hydroxylation sites is 1. The van der Waals surface area contributed by atoms with E-state index in [4.69, 9.17) is 48.6 Å². The summed E-state index contributed by atoms with van der Waals surface area (Å²) in [6, 6.07) is 5.06. The molecule has 0 saturated carbocycles. The lowest BCUT2D eigenvalue weighted by Gasteiger charge is -2.22. The van der Waals surface area contributed by atoms with Crippen molar-refractivity contribution in [2.24, 2.45) is 0 Å². The Morgan fingerprint density at radius 2 is 1.59 bits per heavy atom. The third-order valence-corrected chi connectivity index (χ3v) is 4.70. The third kappa shape index (κ3) is 4.40. The summed E-state index contributed by atoms with van der Waals surface area (Å²) in [4.78, 5) is 0. The molecule has 0 aliphatic rings. The maximum absolute atomic E-state index is 5.99. The van der Waals surface area contributed by atoms with Gasteiger partial charge in [-0.15, -0.1) is 0 Å². The average Bonchev–Trinajstić information content (AvgIpc) is 2.24. The van der Waals surface area contributed by atoms with Crippen molar-refractivity contribution in [1.29, 1.82) is 0 Å². The summed E-state index contributed by atoms with van der Waals surface area (Å²) in [6.07, 6.45) is 0. The van der Waals surface area contributed by atoms with E-state index < -0.39 is 6.72 Å². The Balaban J connectivity index is 2.97. The van der Waals surface area contributed by atoms with E-state index in [-0.39, 0.29) is 0 Å². The lowest BCUT2D eigenvalue weighted by molar-refractivity contribution is 0.218. The van der Waals surface area contributed by atoms with Crippen LogP contribution in [0, 0.1) is 0 Å². The molecule has 1 aromatic carbocycles. The molecule has 0 N–H and O–H groups in total. The first kappa shape index (κ1) is 15.2. The summed E-state index contributed by atoms with van der Waals surface area (Å²) in [5.74, 6) is 0.307. The van der Waals surface area contributed by atoms with Gasteiger partial charge in [-0.2, -0.15) is 0 Å². The molecule has 0 amide bonds. The second-order valence-corrected chi connectivity index (χ2v) is 6.67. The van der Waals surface area contributed by atoms with Crippen LogP contribution in [0.3, 0.4) is 0 Å². The minimum Gasteiger partial charge on any atom is -0.421 e. The fourth-order valence-corrected chi connectivity index (χ4v) is 3.76. The van der Waals surface area contributed by atoms with Crippen LogP contribution in [-0.2, 0) is 20.9 Å².